The van der Waals surface area contributed by atoms with Gasteiger partial charge in [-0.15, -0.1) is 0 Å². The van der Waals surface area contributed by atoms with Gasteiger partial charge in [-0.05, 0) is 6.92 Å². The molecular weight excluding hydrogens is 738 g/mol. The molecule has 0 spiro atoms. The molecule has 0 bridgehead atoms. The van der Waals surface area contributed by atoms with Crippen LogP contribution in [-0.4, -0.2) is 220 Å². The van der Waals surface area contributed by atoms with Crippen LogP contribution in [0.25, 0.3) is 0 Å². The standard InChI is InChI=1S/C31H53NO22/c1-9-16(39)19(42)20(43)26(48-9)52-25-22(14(8-35)50-29(47)30(25,3)4)51-27-21(44)24(18(41)13(7-34)49-27)54-31(28(45)46)5-11(37)15(32-10(2)36)23(53-31)17(40)12(38)6-33/h9,11-27,29,33-35,37-44,47H,5-8H2,1-4H3,(H,32,36)(H,45,46)/t9?,11?,12?,13?,14?,15?,16?,17?,18?,19?,20?,21?,22?,23?,24?,25?,26?,27-,29?,31-/m0/s1. The van der Waals surface area contributed by atoms with E-state index >= 15 is 0 Å². The van der Waals surface area contributed by atoms with E-state index in [0.717, 1.165) is 6.92 Å². The second kappa shape index (κ2) is 17.8. The highest BCUT2D eigenvalue weighted by Crippen LogP contribution is 2.43. The van der Waals surface area contributed by atoms with E-state index in [4.69, 9.17) is 33.2 Å². The Morgan fingerprint density at radius 1 is 0.815 bits per heavy atom. The minimum Gasteiger partial charge on any atom is -0.477 e. The minimum atomic E-state index is -3.07. The summed E-state index contributed by atoms with van der Waals surface area (Å²) in [7, 11) is 0. The maximum atomic E-state index is 12.8. The van der Waals surface area contributed by atoms with Crippen LogP contribution in [0.1, 0.15) is 34.1 Å². The minimum absolute atomic E-state index is 0.762. The van der Waals surface area contributed by atoms with Crippen molar-refractivity contribution >= 4 is 11.9 Å². The molecule has 4 rings (SSSR count). The lowest BCUT2D eigenvalue weighted by molar-refractivity contribution is -0.400. The lowest BCUT2D eigenvalue weighted by Gasteiger charge is -2.53. The molecule has 14 N–H and O–H groups in total. The number of aliphatic carboxylic acids is 1. The lowest BCUT2D eigenvalue weighted by Crippen LogP contribution is -2.71. The predicted molar refractivity (Wildman–Crippen MR) is 169 cm³/mol. The van der Waals surface area contributed by atoms with E-state index in [0.29, 0.717) is 0 Å². The van der Waals surface area contributed by atoms with Crippen molar-refractivity contribution in [3.8, 4) is 0 Å². The quantitative estimate of drug-likeness (QED) is 0.0823. The average Bonchev–Trinajstić information content (AvgIpc) is 3.11. The van der Waals surface area contributed by atoms with Crippen molar-refractivity contribution in [2.24, 2.45) is 5.41 Å². The fourth-order valence-electron chi connectivity index (χ4n) is 6.93. The summed E-state index contributed by atoms with van der Waals surface area (Å²) in [6, 6.07) is -1.57. The van der Waals surface area contributed by atoms with Crippen LogP contribution in [0.2, 0.25) is 0 Å². The largest absolute Gasteiger partial charge is 0.477 e. The van der Waals surface area contributed by atoms with Crippen molar-refractivity contribution in [3.63, 3.8) is 0 Å². The number of nitrogens with one attached hydrogen (secondary N) is 1. The van der Waals surface area contributed by atoms with Gasteiger partial charge in [0.05, 0.1) is 44.2 Å². The maximum Gasteiger partial charge on any atom is 0.364 e. The van der Waals surface area contributed by atoms with Crippen LogP contribution in [0.5, 0.6) is 0 Å². The molecule has 54 heavy (non-hydrogen) atoms. The molecule has 23 nitrogen and oxygen atoms in total. The van der Waals surface area contributed by atoms with Crippen molar-refractivity contribution in [1.82, 2.24) is 5.32 Å². The van der Waals surface area contributed by atoms with Gasteiger partial charge in [0.15, 0.2) is 18.9 Å². The van der Waals surface area contributed by atoms with E-state index < -0.39 is 166 Å². The first-order valence-electron chi connectivity index (χ1n) is 17.2. The Labute approximate surface area is 308 Å². The zero-order valence-corrected chi connectivity index (χ0v) is 29.8. The molecule has 18 unspecified atom stereocenters. The summed E-state index contributed by atoms with van der Waals surface area (Å²) in [5, 5.41) is 139. The molecule has 314 valence electrons. The van der Waals surface area contributed by atoms with Gasteiger partial charge in [-0.1, -0.05) is 13.8 Å². The van der Waals surface area contributed by atoms with Gasteiger partial charge in [-0.2, -0.15) is 0 Å². The smallest absolute Gasteiger partial charge is 0.364 e. The molecule has 0 aromatic rings. The molecular formula is C31H53NO22. The van der Waals surface area contributed by atoms with Crippen LogP contribution < -0.4 is 5.32 Å². The molecule has 4 fully saturated rings. The third-order valence-electron chi connectivity index (χ3n) is 10.2. The van der Waals surface area contributed by atoms with E-state index in [-0.39, 0.29) is 0 Å². The first kappa shape index (κ1) is 44.9. The molecule has 0 aromatic carbocycles. The Balaban J connectivity index is 1.68. The highest BCUT2D eigenvalue weighted by Gasteiger charge is 2.61. The number of carbonyl (C=O) groups excluding carboxylic acids is 1. The zero-order chi connectivity index (χ0) is 40.6. The average molecular weight is 792 g/mol. The summed E-state index contributed by atoms with van der Waals surface area (Å²) in [5.41, 5.74) is -1.51. The van der Waals surface area contributed by atoms with Crippen molar-refractivity contribution in [2.75, 3.05) is 19.8 Å². The van der Waals surface area contributed by atoms with Crippen LogP contribution in [0, 0.1) is 5.41 Å². The molecule has 20 atom stereocenters. The molecule has 4 heterocycles. The Kier molecular flexibility index (Phi) is 14.8. The fraction of sp³-hybridized carbons (Fsp3) is 0.935. The first-order valence-corrected chi connectivity index (χ1v) is 17.2. The molecule has 0 aliphatic carbocycles. The molecule has 23 heteroatoms. The number of carboxylic acids is 1. The van der Waals surface area contributed by atoms with Gasteiger partial charge in [0.1, 0.15) is 73.2 Å². The zero-order valence-electron chi connectivity index (χ0n) is 29.8. The van der Waals surface area contributed by atoms with Gasteiger partial charge in [-0.25, -0.2) is 4.79 Å². The normalized spacial score (nSPS) is 46.7. The van der Waals surface area contributed by atoms with E-state index in [1.807, 2.05) is 0 Å². The molecule has 4 aliphatic heterocycles. The van der Waals surface area contributed by atoms with Crippen molar-refractivity contribution in [2.45, 2.75) is 156 Å². The fourth-order valence-corrected chi connectivity index (χ4v) is 6.93. The molecule has 4 saturated heterocycles. The van der Waals surface area contributed by atoms with Crippen LogP contribution >= 0.6 is 0 Å². The van der Waals surface area contributed by atoms with E-state index in [1.165, 1.54) is 20.8 Å². The van der Waals surface area contributed by atoms with Crippen molar-refractivity contribution < 1.29 is 109 Å². The Morgan fingerprint density at radius 2 is 1.43 bits per heavy atom. The predicted octanol–water partition coefficient (Wildman–Crippen LogP) is -7.71. The SMILES string of the molecule is CC(=O)NC1C(O)C[C@](OC2C(O)C(CO)O[C@@H](OC3C(CO)OC(O)C(C)(C)C3OC3OC(C)C(O)C(O)C3O)C2O)(C(=O)O)OC1C(O)C(O)CO. The Hall–Kier alpha value is -1.82. The van der Waals surface area contributed by atoms with Gasteiger partial charge < -0.3 is 105 Å². The van der Waals surface area contributed by atoms with Crippen molar-refractivity contribution in [1.29, 1.82) is 0 Å². The van der Waals surface area contributed by atoms with Crippen molar-refractivity contribution in [3.05, 3.63) is 0 Å². The van der Waals surface area contributed by atoms with E-state index in [2.05, 4.69) is 5.32 Å². The summed E-state index contributed by atoms with van der Waals surface area (Å²) in [4.78, 5) is 24.7. The van der Waals surface area contributed by atoms with Crippen LogP contribution in [0.15, 0.2) is 0 Å². The topological polar surface area (TPSA) is 374 Å². The van der Waals surface area contributed by atoms with E-state index in [1.54, 1.807) is 0 Å². The number of hydrogen-bond donors (Lipinski definition) is 14. The summed E-state index contributed by atoms with van der Waals surface area (Å²) in [6.07, 6.45) is -33.3. The Morgan fingerprint density at radius 3 is 1.98 bits per heavy atom. The van der Waals surface area contributed by atoms with Crippen LogP contribution in [0.3, 0.4) is 0 Å². The molecule has 4 aliphatic rings. The summed E-state index contributed by atoms with van der Waals surface area (Å²) in [5.74, 6) is -5.82. The number of carbonyl (C=O) groups is 2. The number of ether oxygens (including phenoxy) is 7. The second-order valence-electron chi connectivity index (χ2n) is 14.5. The molecule has 0 saturated carbocycles. The van der Waals surface area contributed by atoms with Gasteiger partial charge in [0, 0.05) is 18.8 Å². The second-order valence-corrected chi connectivity index (χ2v) is 14.5. The number of hydrogen-bond acceptors (Lipinski definition) is 21. The van der Waals surface area contributed by atoms with Gasteiger partial charge in [-0.3, -0.25) is 4.79 Å². The highest BCUT2D eigenvalue weighted by molar-refractivity contribution is 5.76. The third-order valence-corrected chi connectivity index (χ3v) is 10.2. The molecule has 0 radical (unpaired) electrons. The lowest BCUT2D eigenvalue weighted by atomic mass is 9.78. The molecule has 1 amide bonds. The third kappa shape index (κ3) is 8.84. The summed E-state index contributed by atoms with van der Waals surface area (Å²) >= 11 is 0. The first-order chi connectivity index (χ1) is 25.1. The number of amides is 1. The van der Waals surface area contributed by atoms with Gasteiger partial charge in [0.2, 0.25) is 5.91 Å². The number of aliphatic hydroxyl groups is 12. The number of rotatable bonds is 13. The van der Waals surface area contributed by atoms with Gasteiger partial charge in [0.25, 0.3) is 5.79 Å². The number of carboxylic acid groups (broad SMARTS) is 1. The molecule has 0 aromatic heterocycles. The highest BCUT2D eigenvalue weighted by atomic mass is 16.8. The monoisotopic (exact) mass is 791 g/mol. The van der Waals surface area contributed by atoms with Crippen LogP contribution in [-0.2, 0) is 42.7 Å². The van der Waals surface area contributed by atoms with Gasteiger partial charge >= 0.3 is 5.97 Å². The Bertz CT molecular complexity index is 1260. The van der Waals surface area contributed by atoms with E-state index in [9.17, 15) is 76.0 Å². The summed E-state index contributed by atoms with van der Waals surface area (Å²) in [6.45, 7) is 2.34. The van der Waals surface area contributed by atoms with Crippen LogP contribution in [0.4, 0.5) is 0 Å². The summed E-state index contributed by atoms with van der Waals surface area (Å²) < 4.78 is 40.1. The maximum absolute atomic E-state index is 12.8. The number of aliphatic hydroxyl groups excluding tert-OH is 12.